The molecular weight excluding hydrogens is 434 g/mol. The highest BCUT2D eigenvalue weighted by Crippen LogP contribution is 2.39. The van der Waals surface area contributed by atoms with E-state index in [4.69, 9.17) is 9.47 Å². The van der Waals surface area contributed by atoms with Gasteiger partial charge in [-0.15, -0.1) is 0 Å². The lowest BCUT2D eigenvalue weighted by Crippen LogP contribution is -2.33. The van der Waals surface area contributed by atoms with Crippen LogP contribution in [0.15, 0.2) is 76.0 Å². The van der Waals surface area contributed by atoms with Crippen LogP contribution in [0.3, 0.4) is 0 Å². The van der Waals surface area contributed by atoms with Gasteiger partial charge in [0, 0.05) is 30.5 Å². The molecule has 1 aliphatic rings. The third-order valence-electron chi connectivity index (χ3n) is 4.31. The Morgan fingerprint density at radius 3 is 1.71 bits per heavy atom. The van der Waals surface area contributed by atoms with Crippen molar-refractivity contribution in [2.75, 3.05) is 14.2 Å². The van der Waals surface area contributed by atoms with Crippen LogP contribution >= 0.6 is 31.9 Å². The van der Waals surface area contributed by atoms with Crippen LogP contribution in [-0.4, -0.2) is 19.2 Å². The van der Waals surface area contributed by atoms with E-state index in [9.17, 15) is 0 Å². The Kier molecular flexibility index (Phi) is 5.06. The number of methoxy groups -OCH3 is 2. The van der Waals surface area contributed by atoms with E-state index in [0.717, 1.165) is 20.2 Å². The van der Waals surface area contributed by atoms with Crippen LogP contribution in [0.4, 0.5) is 0 Å². The minimum atomic E-state index is -0.648. The highest BCUT2D eigenvalue weighted by atomic mass is 79.9. The molecule has 24 heavy (non-hydrogen) atoms. The highest BCUT2D eigenvalue weighted by molar-refractivity contribution is 9.10. The first-order valence-corrected chi connectivity index (χ1v) is 9.01. The summed E-state index contributed by atoms with van der Waals surface area (Å²) in [7, 11) is 3.40. The molecule has 0 fully saturated rings. The fourth-order valence-corrected chi connectivity index (χ4v) is 3.32. The van der Waals surface area contributed by atoms with Gasteiger partial charge in [0.1, 0.15) is 15.8 Å². The predicted molar refractivity (Wildman–Crippen MR) is 102 cm³/mol. The molecule has 1 aromatic carbocycles. The van der Waals surface area contributed by atoms with Crippen LogP contribution in [0.25, 0.3) is 0 Å². The Bertz CT molecular complexity index is 687. The third kappa shape index (κ3) is 3.14. The monoisotopic (exact) mass is 449 g/mol. The number of ether oxygens (including phenoxy) is 2. The number of rotatable bonds is 4. The second kappa shape index (κ2) is 6.92. The summed E-state index contributed by atoms with van der Waals surface area (Å²) in [6, 6.07) is 12.0. The summed E-state index contributed by atoms with van der Waals surface area (Å²) in [5.41, 5.74) is 0.761. The molecule has 3 nitrogen and oxygen atoms in total. The summed E-state index contributed by atoms with van der Waals surface area (Å²) >= 11 is 6.83. The van der Waals surface area contributed by atoms with Crippen molar-refractivity contribution in [3.8, 4) is 0 Å². The Balaban J connectivity index is 2.00. The largest absolute Gasteiger partial charge is 0.365 e. The molecule has 0 aliphatic heterocycles. The fraction of sp³-hybridized carbons (Fsp3) is 0.211. The maximum absolute atomic E-state index is 5.83. The van der Waals surface area contributed by atoms with Gasteiger partial charge in [-0.25, -0.2) is 4.98 Å². The summed E-state index contributed by atoms with van der Waals surface area (Å²) in [4.78, 5) is 4.30. The molecule has 0 saturated heterocycles. The van der Waals surface area contributed by atoms with Crippen LogP contribution < -0.4 is 0 Å². The Morgan fingerprint density at radius 1 is 0.750 bits per heavy atom. The Hall–Kier alpha value is -1.27. The summed E-state index contributed by atoms with van der Waals surface area (Å²) in [5.74, 6) is 0. The first kappa shape index (κ1) is 17.5. The molecule has 0 amide bonds. The Labute approximate surface area is 158 Å². The second-order valence-corrected chi connectivity index (χ2v) is 7.27. The quantitative estimate of drug-likeness (QED) is 0.478. The fourth-order valence-electron chi connectivity index (χ4n) is 2.82. The summed E-state index contributed by atoms with van der Waals surface area (Å²) in [6.07, 6.45) is 9.90. The van der Waals surface area contributed by atoms with Gasteiger partial charge in [-0.05, 0) is 64.0 Å². The molecule has 1 aromatic heterocycles. The van der Waals surface area contributed by atoms with Gasteiger partial charge < -0.3 is 9.47 Å². The zero-order chi connectivity index (χ0) is 17.2. The van der Waals surface area contributed by atoms with Crippen molar-refractivity contribution in [3.63, 3.8) is 0 Å². The van der Waals surface area contributed by atoms with Gasteiger partial charge >= 0.3 is 0 Å². The summed E-state index contributed by atoms with van der Waals surface area (Å²) in [6.45, 7) is 0. The average Bonchev–Trinajstić information content (AvgIpc) is 2.63. The van der Waals surface area contributed by atoms with Gasteiger partial charge in [0.05, 0.1) is 0 Å². The number of halogens is 2. The van der Waals surface area contributed by atoms with Crippen molar-refractivity contribution in [1.82, 2.24) is 4.98 Å². The number of hydrogen-bond acceptors (Lipinski definition) is 3. The van der Waals surface area contributed by atoms with Gasteiger partial charge in [0.15, 0.2) is 0 Å². The first-order valence-electron chi connectivity index (χ1n) is 7.43. The number of nitrogens with zero attached hydrogens (tertiary/aromatic N) is 1. The Morgan fingerprint density at radius 2 is 1.25 bits per heavy atom. The van der Waals surface area contributed by atoms with Crippen LogP contribution in [0, 0.1) is 0 Å². The van der Waals surface area contributed by atoms with Crippen molar-refractivity contribution in [2.45, 2.75) is 11.2 Å². The van der Waals surface area contributed by atoms with Gasteiger partial charge in [-0.2, -0.15) is 0 Å². The molecule has 0 saturated carbocycles. The maximum Gasteiger partial charge on any atom is 0.131 e. The van der Waals surface area contributed by atoms with Crippen molar-refractivity contribution in [3.05, 3.63) is 87.1 Å². The molecule has 2 aromatic rings. The molecule has 0 atom stereocenters. The molecule has 124 valence electrons. The lowest BCUT2D eigenvalue weighted by atomic mass is 9.82. The molecule has 1 heterocycles. The molecule has 5 heteroatoms. The standard InChI is InChI=1S/C19H17Br2NO2/c1-23-18(14-3-6-16(20)7-4-14)9-11-19(24-2,12-10-18)15-5-8-17(21)22-13-15/h3-13H,1-2H3. The lowest BCUT2D eigenvalue weighted by Gasteiger charge is -2.35. The van der Waals surface area contributed by atoms with Gasteiger partial charge in [-0.1, -0.05) is 34.1 Å². The SMILES string of the molecule is COC1(c2ccc(Br)cc2)C=CC(OC)(c2ccc(Br)nc2)C=C1. The minimum absolute atomic E-state index is 0.606. The summed E-state index contributed by atoms with van der Waals surface area (Å²) in [5, 5.41) is 0. The number of pyridine rings is 1. The second-order valence-electron chi connectivity index (χ2n) is 5.54. The van der Waals surface area contributed by atoms with Gasteiger partial charge in [0.25, 0.3) is 0 Å². The van der Waals surface area contributed by atoms with E-state index in [1.165, 1.54) is 0 Å². The normalized spacial score (nSPS) is 25.8. The van der Waals surface area contributed by atoms with Gasteiger partial charge in [0.2, 0.25) is 0 Å². The van der Waals surface area contributed by atoms with Crippen LogP contribution in [0.5, 0.6) is 0 Å². The van der Waals surface area contributed by atoms with Crippen LogP contribution in [0.2, 0.25) is 0 Å². The molecule has 3 rings (SSSR count). The van der Waals surface area contributed by atoms with E-state index in [2.05, 4.69) is 36.8 Å². The van der Waals surface area contributed by atoms with Gasteiger partial charge in [-0.3, -0.25) is 0 Å². The smallest absolute Gasteiger partial charge is 0.131 e. The van der Waals surface area contributed by atoms with E-state index in [1.54, 1.807) is 14.2 Å². The van der Waals surface area contributed by atoms with E-state index < -0.39 is 11.2 Å². The topological polar surface area (TPSA) is 31.4 Å². The lowest BCUT2D eigenvalue weighted by molar-refractivity contribution is 0.0420. The zero-order valence-electron chi connectivity index (χ0n) is 13.4. The van der Waals surface area contributed by atoms with Crippen LogP contribution in [0.1, 0.15) is 11.1 Å². The van der Waals surface area contributed by atoms with E-state index in [-0.39, 0.29) is 0 Å². The van der Waals surface area contributed by atoms with Crippen molar-refractivity contribution >= 4 is 31.9 Å². The molecular formula is C19H17Br2NO2. The average molecular weight is 451 g/mol. The molecule has 0 radical (unpaired) electrons. The van der Waals surface area contributed by atoms with Crippen molar-refractivity contribution < 1.29 is 9.47 Å². The molecule has 0 spiro atoms. The zero-order valence-corrected chi connectivity index (χ0v) is 16.5. The van der Waals surface area contributed by atoms with Crippen molar-refractivity contribution in [1.29, 1.82) is 0 Å². The van der Waals surface area contributed by atoms with Crippen molar-refractivity contribution in [2.24, 2.45) is 0 Å². The number of benzene rings is 1. The molecule has 0 bridgehead atoms. The first-order chi connectivity index (χ1) is 11.5. The van der Waals surface area contributed by atoms with E-state index >= 15 is 0 Å². The van der Waals surface area contributed by atoms with Crippen LogP contribution in [-0.2, 0) is 20.7 Å². The minimum Gasteiger partial charge on any atom is -0.365 e. The summed E-state index contributed by atoms with van der Waals surface area (Å²) < 4.78 is 13.5. The molecule has 0 N–H and O–H groups in total. The third-order valence-corrected chi connectivity index (χ3v) is 5.30. The number of hydrogen-bond donors (Lipinski definition) is 0. The predicted octanol–water partition coefficient (Wildman–Crippen LogP) is 5.12. The molecule has 0 unspecified atom stereocenters. The maximum atomic E-state index is 5.83. The van der Waals surface area contributed by atoms with E-state index in [1.807, 2.05) is 66.9 Å². The highest BCUT2D eigenvalue weighted by Gasteiger charge is 2.36. The number of aromatic nitrogens is 1. The van der Waals surface area contributed by atoms with E-state index in [0.29, 0.717) is 0 Å². The molecule has 1 aliphatic carbocycles.